The summed E-state index contributed by atoms with van der Waals surface area (Å²) in [5.74, 6) is -2.19. The first-order valence-electron chi connectivity index (χ1n) is 10.3. The van der Waals surface area contributed by atoms with Gasteiger partial charge in [0.25, 0.3) is 5.56 Å². The predicted molar refractivity (Wildman–Crippen MR) is 134 cm³/mol. The molecule has 0 amide bonds. The molecule has 0 radical (unpaired) electrons. The van der Waals surface area contributed by atoms with Crippen molar-refractivity contribution in [3.63, 3.8) is 0 Å². The molecule has 0 saturated heterocycles. The first-order chi connectivity index (χ1) is 17.4. The highest BCUT2D eigenvalue weighted by Crippen LogP contribution is 2.47. The van der Waals surface area contributed by atoms with Gasteiger partial charge in [-0.05, 0) is 60.8 Å². The van der Waals surface area contributed by atoms with Crippen molar-refractivity contribution in [3.05, 3.63) is 81.6 Å². The van der Waals surface area contributed by atoms with Gasteiger partial charge >= 0.3 is 5.97 Å². The maximum Gasteiger partial charge on any atom is 0.335 e. The average molecular weight is 522 g/mol. The molecule has 0 fully saturated rings. The van der Waals surface area contributed by atoms with E-state index in [2.05, 4.69) is 10.2 Å². The SMILES string of the molecule is Cc1c(C#N)c(O)n(-c2ccc(C(=O)O)cc2)c(=O)c1N=Nc1ccc2cc(S(O)(O)O)cc(O)c2c1. The molecule has 3 aromatic carbocycles. The van der Waals surface area contributed by atoms with Crippen LogP contribution in [0, 0.1) is 18.3 Å². The standard InChI is InChI=1S/C24H18N4O8S/c1-12-19(11-25)22(30)28(16-6-3-13(4-7-16)24(32)33)23(31)21(12)27-26-15-5-2-14-8-17(37(34,35)36)10-20(29)18(14)9-15/h2-10,29-30,34-36H,1H3,(H,32,33). The van der Waals surface area contributed by atoms with E-state index in [1.165, 1.54) is 55.5 Å². The lowest BCUT2D eigenvalue weighted by Gasteiger charge is -2.20. The third kappa shape index (κ3) is 4.73. The summed E-state index contributed by atoms with van der Waals surface area (Å²) in [6.07, 6.45) is 0. The molecule has 0 saturated carbocycles. The lowest BCUT2D eigenvalue weighted by Crippen LogP contribution is -2.20. The Morgan fingerprint density at radius 3 is 2.27 bits per heavy atom. The lowest BCUT2D eigenvalue weighted by molar-refractivity contribution is 0.0697. The quantitative estimate of drug-likeness (QED) is 0.188. The first kappa shape index (κ1) is 25.4. The largest absolute Gasteiger partial charge is 0.507 e. The summed E-state index contributed by atoms with van der Waals surface area (Å²) in [6.45, 7) is 1.41. The zero-order valence-electron chi connectivity index (χ0n) is 18.9. The summed E-state index contributed by atoms with van der Waals surface area (Å²) >= 11 is 0. The van der Waals surface area contributed by atoms with Crippen LogP contribution in [0.3, 0.4) is 0 Å². The van der Waals surface area contributed by atoms with Crippen LogP contribution in [-0.2, 0) is 0 Å². The van der Waals surface area contributed by atoms with E-state index in [1.807, 2.05) is 6.07 Å². The Balaban J connectivity index is 1.82. The van der Waals surface area contributed by atoms with Gasteiger partial charge in [-0.25, -0.2) is 9.36 Å². The van der Waals surface area contributed by atoms with Crippen LogP contribution in [0.4, 0.5) is 11.4 Å². The number of hydrogen-bond acceptors (Lipinski definition) is 10. The minimum atomic E-state index is -4.04. The molecule has 37 heavy (non-hydrogen) atoms. The molecule has 6 N–H and O–H groups in total. The number of carboxylic acids is 1. The van der Waals surface area contributed by atoms with Crippen LogP contribution in [0.15, 0.2) is 74.5 Å². The average Bonchev–Trinajstić information content (AvgIpc) is 2.84. The Morgan fingerprint density at radius 2 is 1.68 bits per heavy atom. The highest BCUT2D eigenvalue weighted by Gasteiger charge is 2.21. The van der Waals surface area contributed by atoms with Crippen molar-refractivity contribution in [3.8, 4) is 23.4 Å². The van der Waals surface area contributed by atoms with Crippen molar-refractivity contribution >= 4 is 39.0 Å². The van der Waals surface area contributed by atoms with E-state index in [0.29, 0.717) is 5.39 Å². The fourth-order valence-corrected chi connectivity index (χ4v) is 4.19. The molecule has 188 valence electrons. The van der Waals surface area contributed by atoms with E-state index >= 15 is 0 Å². The van der Waals surface area contributed by atoms with Crippen molar-refractivity contribution in [2.75, 3.05) is 0 Å². The zero-order chi connectivity index (χ0) is 27.1. The van der Waals surface area contributed by atoms with Crippen molar-refractivity contribution in [1.82, 2.24) is 4.57 Å². The minimum Gasteiger partial charge on any atom is -0.507 e. The molecule has 1 heterocycles. The molecule has 4 rings (SSSR count). The number of aromatic carboxylic acids is 1. The topological polar surface area (TPSA) is 209 Å². The molecule has 0 aliphatic rings. The summed E-state index contributed by atoms with van der Waals surface area (Å²) in [5.41, 5.74) is -1.00. The van der Waals surface area contributed by atoms with Crippen molar-refractivity contribution in [2.24, 2.45) is 10.2 Å². The Kier molecular flexibility index (Phi) is 6.42. The summed E-state index contributed by atoms with van der Waals surface area (Å²) in [4.78, 5) is 24.1. The van der Waals surface area contributed by atoms with Gasteiger partial charge in [0.15, 0.2) is 5.69 Å². The highest BCUT2D eigenvalue weighted by atomic mass is 32.3. The third-order valence-corrected chi connectivity index (χ3v) is 6.39. The number of nitrogens with zero attached hydrogens (tertiary/aromatic N) is 4. The van der Waals surface area contributed by atoms with Gasteiger partial charge in [0.05, 0.1) is 21.8 Å². The highest BCUT2D eigenvalue weighted by molar-refractivity contribution is 8.19. The molecule has 0 aliphatic carbocycles. The van der Waals surface area contributed by atoms with Crippen LogP contribution in [0.25, 0.3) is 16.5 Å². The summed E-state index contributed by atoms with van der Waals surface area (Å²) in [7, 11) is -4.04. The van der Waals surface area contributed by atoms with E-state index in [1.54, 1.807) is 0 Å². The maximum atomic E-state index is 13.2. The van der Waals surface area contributed by atoms with Gasteiger partial charge in [0.1, 0.15) is 28.3 Å². The summed E-state index contributed by atoms with van der Waals surface area (Å²) in [6, 6.07) is 13.5. The molecule has 12 nitrogen and oxygen atoms in total. The Bertz CT molecular complexity index is 1700. The fourth-order valence-electron chi connectivity index (χ4n) is 3.63. The number of carbonyl (C=O) groups is 1. The molecule has 0 bridgehead atoms. The number of phenols is 1. The molecular formula is C24H18N4O8S. The van der Waals surface area contributed by atoms with Crippen LogP contribution in [0.1, 0.15) is 21.5 Å². The fraction of sp³-hybridized carbons (Fsp3) is 0.0417. The van der Waals surface area contributed by atoms with Crippen LogP contribution >= 0.6 is 10.9 Å². The second kappa shape index (κ2) is 9.37. The smallest absolute Gasteiger partial charge is 0.335 e. The van der Waals surface area contributed by atoms with Gasteiger partial charge in [-0.3, -0.25) is 4.79 Å². The van der Waals surface area contributed by atoms with Crippen LogP contribution in [-0.4, -0.2) is 39.5 Å². The number of carboxylic acid groups (broad SMARTS) is 1. The second-order valence-electron chi connectivity index (χ2n) is 7.84. The third-order valence-electron chi connectivity index (χ3n) is 5.53. The molecule has 0 spiro atoms. The van der Waals surface area contributed by atoms with Gasteiger partial charge in [0.2, 0.25) is 5.88 Å². The minimum absolute atomic E-state index is 0.0421. The number of fused-ring (bicyclic) bond motifs is 1. The number of phenolic OH excluding ortho intramolecular Hbond substituents is 1. The van der Waals surface area contributed by atoms with E-state index < -0.39 is 28.3 Å². The number of aromatic hydroxyl groups is 2. The predicted octanol–water partition coefficient (Wildman–Crippen LogP) is 5.28. The van der Waals surface area contributed by atoms with Crippen molar-refractivity contribution < 1.29 is 33.8 Å². The molecule has 0 aliphatic heterocycles. The molecule has 13 heteroatoms. The first-order valence-corrected chi connectivity index (χ1v) is 11.8. The van der Waals surface area contributed by atoms with E-state index in [9.17, 15) is 38.7 Å². The van der Waals surface area contributed by atoms with E-state index in [-0.39, 0.29) is 49.8 Å². The van der Waals surface area contributed by atoms with Crippen LogP contribution in [0.2, 0.25) is 0 Å². The Labute approximate surface area is 209 Å². The molecule has 0 atom stereocenters. The lowest BCUT2D eigenvalue weighted by atomic mass is 10.1. The number of rotatable bonds is 5. The van der Waals surface area contributed by atoms with Crippen molar-refractivity contribution in [2.45, 2.75) is 11.8 Å². The Hall–Kier alpha value is -4.74. The summed E-state index contributed by atoms with van der Waals surface area (Å²) in [5, 5.41) is 48.2. The number of azo groups is 1. The maximum absolute atomic E-state index is 13.2. The Morgan fingerprint density at radius 1 is 1.00 bits per heavy atom. The zero-order valence-corrected chi connectivity index (χ0v) is 19.7. The second-order valence-corrected chi connectivity index (χ2v) is 9.35. The number of benzene rings is 3. The van der Waals surface area contributed by atoms with Gasteiger partial charge < -0.3 is 29.0 Å². The number of pyridine rings is 1. The molecule has 4 aromatic rings. The number of nitriles is 1. The normalized spacial score (nSPS) is 12.1. The van der Waals surface area contributed by atoms with E-state index in [0.717, 1.165) is 10.6 Å². The molecular weight excluding hydrogens is 504 g/mol. The van der Waals surface area contributed by atoms with Crippen LogP contribution < -0.4 is 5.56 Å². The molecule has 0 unspecified atom stereocenters. The van der Waals surface area contributed by atoms with Gasteiger partial charge in [-0.1, -0.05) is 6.07 Å². The van der Waals surface area contributed by atoms with Crippen LogP contribution in [0.5, 0.6) is 11.6 Å². The summed E-state index contributed by atoms with van der Waals surface area (Å²) < 4.78 is 29.2. The number of aromatic nitrogens is 1. The van der Waals surface area contributed by atoms with E-state index in [4.69, 9.17) is 5.11 Å². The van der Waals surface area contributed by atoms with Crippen molar-refractivity contribution in [1.29, 1.82) is 5.26 Å². The van der Waals surface area contributed by atoms with Gasteiger partial charge in [-0.15, -0.1) is 5.11 Å². The van der Waals surface area contributed by atoms with Gasteiger partial charge in [-0.2, -0.15) is 10.4 Å². The number of hydrogen-bond donors (Lipinski definition) is 6. The monoisotopic (exact) mass is 522 g/mol. The molecule has 1 aromatic heterocycles. The van der Waals surface area contributed by atoms with Gasteiger partial charge in [0, 0.05) is 10.9 Å².